The maximum atomic E-state index is 11.4. The van der Waals surface area contributed by atoms with Crippen LogP contribution in [-0.4, -0.2) is 25.0 Å². The van der Waals surface area contributed by atoms with Gasteiger partial charge in [0.1, 0.15) is 5.75 Å². The number of benzene rings is 1. The standard InChI is InChI=1S/C13H18N2O4/c1-2-18-11-6-4-3-5-10(11)7-8-13(17)15-19-9-12(14)16/h3-6H,2,7-9H2,1H3,(H2,14,16)(H,15,17). The van der Waals surface area contributed by atoms with E-state index in [0.29, 0.717) is 13.0 Å². The van der Waals surface area contributed by atoms with Crippen molar-refractivity contribution in [2.24, 2.45) is 5.73 Å². The Balaban J connectivity index is 2.39. The minimum Gasteiger partial charge on any atom is -0.494 e. The first-order chi connectivity index (χ1) is 9.13. The summed E-state index contributed by atoms with van der Waals surface area (Å²) in [6, 6.07) is 7.53. The average Bonchev–Trinajstić information content (AvgIpc) is 2.37. The fourth-order valence-electron chi connectivity index (χ4n) is 1.49. The smallest absolute Gasteiger partial charge is 0.246 e. The molecule has 0 spiro atoms. The third-order valence-corrected chi connectivity index (χ3v) is 2.29. The number of carbonyl (C=O) groups excluding carboxylic acids is 2. The lowest BCUT2D eigenvalue weighted by molar-refractivity contribution is -0.137. The molecule has 0 aliphatic carbocycles. The van der Waals surface area contributed by atoms with Gasteiger partial charge in [-0.15, -0.1) is 0 Å². The second kappa shape index (κ2) is 8.10. The SMILES string of the molecule is CCOc1ccccc1CCC(=O)NOCC(N)=O. The van der Waals surface area contributed by atoms with Crippen LogP contribution in [0.4, 0.5) is 0 Å². The van der Waals surface area contributed by atoms with Gasteiger partial charge in [0.15, 0.2) is 6.61 Å². The first-order valence-corrected chi connectivity index (χ1v) is 6.03. The molecule has 1 rings (SSSR count). The number of amides is 2. The van der Waals surface area contributed by atoms with E-state index in [4.69, 9.17) is 10.5 Å². The highest BCUT2D eigenvalue weighted by molar-refractivity contribution is 5.77. The van der Waals surface area contributed by atoms with Gasteiger partial charge in [-0.3, -0.25) is 14.4 Å². The lowest BCUT2D eigenvalue weighted by Gasteiger charge is -2.09. The number of rotatable bonds is 8. The van der Waals surface area contributed by atoms with Crippen molar-refractivity contribution in [2.45, 2.75) is 19.8 Å². The van der Waals surface area contributed by atoms with Crippen molar-refractivity contribution in [3.05, 3.63) is 29.8 Å². The molecular formula is C13H18N2O4. The molecule has 3 N–H and O–H groups in total. The number of nitrogens with two attached hydrogens (primary N) is 1. The average molecular weight is 266 g/mol. The van der Waals surface area contributed by atoms with Gasteiger partial charge in [0.25, 0.3) is 0 Å². The first kappa shape index (κ1) is 15.0. The zero-order valence-electron chi connectivity index (χ0n) is 10.8. The van der Waals surface area contributed by atoms with Gasteiger partial charge in [-0.1, -0.05) is 18.2 Å². The fourth-order valence-corrected chi connectivity index (χ4v) is 1.49. The number of nitrogens with one attached hydrogen (secondary N) is 1. The van der Waals surface area contributed by atoms with Crippen LogP contribution in [0.1, 0.15) is 18.9 Å². The van der Waals surface area contributed by atoms with Crippen LogP contribution < -0.4 is 16.0 Å². The van der Waals surface area contributed by atoms with Crippen molar-refractivity contribution >= 4 is 11.8 Å². The Kier molecular flexibility index (Phi) is 6.38. The molecule has 1 aromatic rings. The molecule has 0 radical (unpaired) electrons. The highest BCUT2D eigenvalue weighted by Crippen LogP contribution is 2.19. The van der Waals surface area contributed by atoms with E-state index in [1.54, 1.807) is 0 Å². The molecule has 0 unspecified atom stereocenters. The van der Waals surface area contributed by atoms with Crippen LogP contribution in [-0.2, 0) is 20.8 Å². The predicted octanol–water partition coefficient (Wildman–Crippen LogP) is 0.551. The zero-order chi connectivity index (χ0) is 14.1. The summed E-state index contributed by atoms with van der Waals surface area (Å²) < 4.78 is 5.46. The summed E-state index contributed by atoms with van der Waals surface area (Å²) in [7, 11) is 0. The molecule has 6 nitrogen and oxygen atoms in total. The van der Waals surface area contributed by atoms with E-state index < -0.39 is 5.91 Å². The normalized spacial score (nSPS) is 9.95. The lowest BCUT2D eigenvalue weighted by atomic mass is 10.1. The Bertz CT molecular complexity index is 434. The summed E-state index contributed by atoms with van der Waals surface area (Å²) in [5.74, 6) is -0.176. The van der Waals surface area contributed by atoms with Crippen molar-refractivity contribution in [3.8, 4) is 5.75 Å². The predicted molar refractivity (Wildman–Crippen MR) is 69.2 cm³/mol. The molecule has 0 aliphatic rings. The summed E-state index contributed by atoms with van der Waals surface area (Å²) in [6.45, 7) is 2.15. The molecule has 19 heavy (non-hydrogen) atoms. The van der Waals surface area contributed by atoms with Crippen LogP contribution in [0.25, 0.3) is 0 Å². The topological polar surface area (TPSA) is 90.7 Å². The highest BCUT2D eigenvalue weighted by Gasteiger charge is 2.07. The number of hydroxylamine groups is 1. The molecule has 104 valence electrons. The molecule has 0 aromatic heterocycles. The summed E-state index contributed by atoms with van der Waals surface area (Å²) in [5, 5.41) is 0. The van der Waals surface area contributed by atoms with Gasteiger partial charge in [-0.25, -0.2) is 5.48 Å². The second-order valence-corrected chi connectivity index (χ2v) is 3.82. The Hall–Kier alpha value is -2.08. The van der Waals surface area contributed by atoms with Crippen LogP contribution in [0.2, 0.25) is 0 Å². The minimum absolute atomic E-state index is 0.239. The van der Waals surface area contributed by atoms with Crippen molar-refractivity contribution in [3.63, 3.8) is 0 Å². The third-order valence-electron chi connectivity index (χ3n) is 2.29. The Morgan fingerprint density at radius 3 is 2.74 bits per heavy atom. The molecular weight excluding hydrogens is 248 g/mol. The van der Waals surface area contributed by atoms with Crippen molar-refractivity contribution < 1.29 is 19.2 Å². The Morgan fingerprint density at radius 1 is 1.32 bits per heavy atom. The number of carbonyl (C=O) groups is 2. The monoisotopic (exact) mass is 266 g/mol. The number of primary amides is 1. The molecule has 0 bridgehead atoms. The van der Waals surface area contributed by atoms with E-state index in [0.717, 1.165) is 11.3 Å². The van der Waals surface area contributed by atoms with Gasteiger partial charge in [-0.2, -0.15) is 0 Å². The summed E-state index contributed by atoms with van der Waals surface area (Å²) in [4.78, 5) is 26.5. The first-order valence-electron chi connectivity index (χ1n) is 6.03. The van der Waals surface area contributed by atoms with Crippen LogP contribution in [0, 0.1) is 0 Å². The van der Waals surface area contributed by atoms with E-state index in [2.05, 4.69) is 10.3 Å². The van der Waals surface area contributed by atoms with Crippen LogP contribution in [0.5, 0.6) is 5.75 Å². The molecule has 2 amide bonds. The molecule has 0 saturated heterocycles. The Morgan fingerprint density at radius 2 is 2.05 bits per heavy atom. The highest BCUT2D eigenvalue weighted by atomic mass is 16.7. The number of ether oxygens (including phenoxy) is 1. The van der Waals surface area contributed by atoms with Gasteiger partial charge in [0.05, 0.1) is 6.61 Å². The second-order valence-electron chi connectivity index (χ2n) is 3.82. The van der Waals surface area contributed by atoms with Crippen LogP contribution in [0.15, 0.2) is 24.3 Å². The minimum atomic E-state index is -0.637. The molecule has 0 saturated carbocycles. The number of para-hydroxylation sites is 1. The van der Waals surface area contributed by atoms with Crippen molar-refractivity contribution in [2.75, 3.05) is 13.2 Å². The summed E-state index contributed by atoms with van der Waals surface area (Å²) in [5.41, 5.74) is 7.97. The van der Waals surface area contributed by atoms with Gasteiger partial charge in [-0.05, 0) is 25.0 Å². The maximum Gasteiger partial charge on any atom is 0.246 e. The molecule has 0 atom stereocenters. The third kappa shape index (κ3) is 5.87. The number of hydrogen-bond acceptors (Lipinski definition) is 4. The van der Waals surface area contributed by atoms with Crippen molar-refractivity contribution in [1.82, 2.24) is 5.48 Å². The molecule has 1 aromatic carbocycles. The lowest BCUT2D eigenvalue weighted by Crippen LogP contribution is -2.29. The van der Waals surface area contributed by atoms with Crippen LogP contribution >= 0.6 is 0 Å². The van der Waals surface area contributed by atoms with Gasteiger partial charge >= 0.3 is 0 Å². The summed E-state index contributed by atoms with van der Waals surface area (Å²) >= 11 is 0. The molecule has 0 aliphatic heterocycles. The van der Waals surface area contributed by atoms with Gasteiger partial charge in [0, 0.05) is 6.42 Å². The van der Waals surface area contributed by atoms with Gasteiger partial charge < -0.3 is 10.5 Å². The number of aryl methyl sites for hydroxylation is 1. The molecule has 0 fully saturated rings. The van der Waals surface area contributed by atoms with E-state index in [9.17, 15) is 9.59 Å². The Labute approximate surface area is 111 Å². The summed E-state index contributed by atoms with van der Waals surface area (Å²) in [6.07, 6.45) is 0.769. The van der Waals surface area contributed by atoms with Crippen molar-refractivity contribution in [1.29, 1.82) is 0 Å². The maximum absolute atomic E-state index is 11.4. The quantitative estimate of drug-likeness (QED) is 0.672. The van der Waals surface area contributed by atoms with Crippen LogP contribution in [0.3, 0.4) is 0 Å². The zero-order valence-corrected chi connectivity index (χ0v) is 10.8. The number of hydrogen-bond donors (Lipinski definition) is 2. The molecule has 6 heteroatoms. The molecule has 0 heterocycles. The van der Waals surface area contributed by atoms with E-state index in [-0.39, 0.29) is 18.9 Å². The van der Waals surface area contributed by atoms with E-state index >= 15 is 0 Å². The van der Waals surface area contributed by atoms with E-state index in [1.807, 2.05) is 31.2 Å². The fraction of sp³-hybridized carbons (Fsp3) is 0.385. The van der Waals surface area contributed by atoms with E-state index in [1.165, 1.54) is 0 Å². The van der Waals surface area contributed by atoms with Gasteiger partial charge in [0.2, 0.25) is 11.8 Å². The largest absolute Gasteiger partial charge is 0.494 e.